The van der Waals surface area contributed by atoms with Gasteiger partial charge in [0.1, 0.15) is 0 Å². The van der Waals surface area contributed by atoms with E-state index in [1.807, 2.05) is 11.8 Å². The smallest absolute Gasteiger partial charge is 0.185 e. The minimum Gasteiger partial charge on any atom is -0.378 e. The molecule has 0 aliphatic carbocycles. The molecule has 0 saturated heterocycles. The molecule has 0 fully saturated rings. The van der Waals surface area contributed by atoms with E-state index in [1.165, 1.54) is 4.88 Å². The molecule has 1 aromatic rings. The van der Waals surface area contributed by atoms with Crippen LogP contribution >= 0.6 is 23.1 Å². The van der Waals surface area contributed by atoms with Crippen molar-refractivity contribution in [1.29, 1.82) is 0 Å². The molecule has 1 rings (SSSR count). The highest BCUT2D eigenvalue weighted by Crippen LogP contribution is 2.28. The van der Waals surface area contributed by atoms with Gasteiger partial charge >= 0.3 is 0 Å². The average molecular weight is 318 g/mol. The van der Waals surface area contributed by atoms with Crippen LogP contribution in [0.4, 0.5) is 5.13 Å². The summed E-state index contributed by atoms with van der Waals surface area (Å²) in [6.07, 6.45) is 3.29. The summed E-state index contributed by atoms with van der Waals surface area (Å²) in [6, 6.07) is 0.489. The summed E-state index contributed by atoms with van der Waals surface area (Å²) < 4.78 is 5.27. The summed E-state index contributed by atoms with van der Waals surface area (Å²) in [5.74, 6) is 1.11. The van der Waals surface area contributed by atoms with Gasteiger partial charge in [-0.3, -0.25) is 0 Å². The summed E-state index contributed by atoms with van der Waals surface area (Å²) >= 11 is 3.64. The van der Waals surface area contributed by atoms with Gasteiger partial charge < -0.3 is 15.0 Å². The third-order valence-electron chi connectivity index (χ3n) is 3.13. The number of nitrogens with one attached hydrogen (secondary N) is 1. The topological polar surface area (TPSA) is 37.4 Å². The van der Waals surface area contributed by atoms with Gasteiger partial charge in [0.25, 0.3) is 0 Å². The molecule has 0 bridgehead atoms. The Bertz CT molecular complexity index is 384. The summed E-state index contributed by atoms with van der Waals surface area (Å²) in [5, 5.41) is 4.54. The van der Waals surface area contributed by atoms with E-state index in [0.717, 1.165) is 36.1 Å². The zero-order chi connectivity index (χ0) is 15.0. The molecule has 0 aromatic carbocycles. The molecule has 1 N–H and O–H groups in total. The van der Waals surface area contributed by atoms with Crippen molar-refractivity contribution < 1.29 is 4.74 Å². The molecule has 0 spiro atoms. The van der Waals surface area contributed by atoms with Gasteiger partial charge in [-0.15, -0.1) is 11.3 Å². The minimum absolute atomic E-state index is 0.489. The number of anilines is 1. The van der Waals surface area contributed by atoms with Gasteiger partial charge in [-0.25, -0.2) is 4.98 Å². The second-order valence-electron chi connectivity index (χ2n) is 4.89. The van der Waals surface area contributed by atoms with Crippen molar-refractivity contribution in [2.75, 3.05) is 37.6 Å². The number of rotatable bonds is 10. The molecule has 4 nitrogen and oxygen atoms in total. The normalized spacial score (nSPS) is 12.7. The van der Waals surface area contributed by atoms with Crippen LogP contribution < -0.4 is 10.2 Å². The lowest BCUT2D eigenvalue weighted by Crippen LogP contribution is -2.30. The molecule has 0 aliphatic rings. The lowest BCUT2D eigenvalue weighted by molar-refractivity contribution is 0.181. The van der Waals surface area contributed by atoms with Crippen molar-refractivity contribution in [3.8, 4) is 0 Å². The van der Waals surface area contributed by atoms with E-state index >= 15 is 0 Å². The quantitative estimate of drug-likeness (QED) is 0.672. The van der Waals surface area contributed by atoms with Crippen LogP contribution in [0.15, 0.2) is 0 Å². The van der Waals surface area contributed by atoms with E-state index in [1.54, 1.807) is 18.4 Å². The molecule has 1 heterocycles. The van der Waals surface area contributed by atoms with Crippen LogP contribution in [0.25, 0.3) is 0 Å². The first-order chi connectivity index (χ1) is 9.63. The fourth-order valence-electron chi connectivity index (χ4n) is 1.83. The van der Waals surface area contributed by atoms with Crippen LogP contribution in [0.2, 0.25) is 0 Å². The van der Waals surface area contributed by atoms with Crippen molar-refractivity contribution in [3.05, 3.63) is 10.6 Å². The van der Waals surface area contributed by atoms with Crippen molar-refractivity contribution >= 4 is 28.2 Å². The maximum atomic E-state index is 5.27. The van der Waals surface area contributed by atoms with E-state index in [-0.39, 0.29) is 0 Å². The van der Waals surface area contributed by atoms with E-state index in [2.05, 4.69) is 37.4 Å². The zero-order valence-corrected chi connectivity index (χ0v) is 14.9. The Morgan fingerprint density at radius 3 is 2.85 bits per heavy atom. The van der Waals surface area contributed by atoms with E-state index in [0.29, 0.717) is 12.6 Å². The predicted octanol–water partition coefficient (Wildman–Crippen LogP) is 2.98. The summed E-state index contributed by atoms with van der Waals surface area (Å²) in [6.45, 7) is 6.93. The number of aromatic nitrogens is 1. The molecule has 6 heteroatoms. The zero-order valence-electron chi connectivity index (χ0n) is 13.2. The fraction of sp³-hybridized carbons (Fsp3) is 0.786. The average Bonchev–Trinajstić information content (AvgIpc) is 2.82. The first kappa shape index (κ1) is 17.8. The number of thiazole rings is 1. The molecule has 20 heavy (non-hydrogen) atoms. The third kappa shape index (κ3) is 5.24. The number of hydrogen-bond acceptors (Lipinski definition) is 6. The molecule has 1 aromatic heterocycles. The Labute approximate surface area is 131 Å². The number of methoxy groups -OCH3 is 1. The molecule has 0 radical (unpaired) electrons. The molecule has 1 unspecified atom stereocenters. The van der Waals surface area contributed by atoms with Crippen LogP contribution in [-0.4, -0.2) is 43.7 Å². The predicted molar refractivity (Wildman–Crippen MR) is 91.1 cm³/mol. The first-order valence-electron chi connectivity index (χ1n) is 7.04. The van der Waals surface area contributed by atoms with Gasteiger partial charge in [-0.05, 0) is 26.1 Å². The maximum Gasteiger partial charge on any atom is 0.185 e. The lowest BCUT2D eigenvalue weighted by Gasteiger charge is -2.23. The SMILES string of the molecule is CCCNCc1sc(N(C)C(C)CSC)nc1COC. The molecule has 1 atom stereocenters. The molecule has 0 aliphatic heterocycles. The van der Waals surface area contributed by atoms with Gasteiger partial charge in [0, 0.05) is 37.4 Å². The number of ether oxygens (including phenoxy) is 1. The van der Waals surface area contributed by atoms with Gasteiger partial charge in [-0.2, -0.15) is 11.8 Å². The lowest BCUT2D eigenvalue weighted by atomic mass is 10.3. The minimum atomic E-state index is 0.489. The Balaban J connectivity index is 2.78. The summed E-state index contributed by atoms with van der Waals surface area (Å²) in [5.41, 5.74) is 1.07. The molecular formula is C14H27N3OS2. The standard InChI is InChI=1S/C14H27N3OS2/c1-6-7-15-8-13-12(9-18-4)16-14(20-13)17(3)11(2)10-19-5/h11,15H,6-10H2,1-5H3. The second-order valence-corrected chi connectivity index (χ2v) is 6.86. The highest BCUT2D eigenvalue weighted by molar-refractivity contribution is 7.98. The van der Waals surface area contributed by atoms with Crippen molar-refractivity contribution in [3.63, 3.8) is 0 Å². The van der Waals surface area contributed by atoms with Crippen LogP contribution in [0.5, 0.6) is 0 Å². The Morgan fingerprint density at radius 2 is 2.25 bits per heavy atom. The van der Waals surface area contributed by atoms with Crippen LogP contribution in [-0.2, 0) is 17.9 Å². The summed E-state index contributed by atoms with van der Waals surface area (Å²) in [7, 11) is 3.85. The highest BCUT2D eigenvalue weighted by Gasteiger charge is 2.17. The monoisotopic (exact) mass is 317 g/mol. The Hall–Kier alpha value is -0.300. The molecule has 0 amide bonds. The van der Waals surface area contributed by atoms with Crippen LogP contribution in [0.3, 0.4) is 0 Å². The number of thioether (sulfide) groups is 1. The van der Waals surface area contributed by atoms with Gasteiger partial charge in [0.15, 0.2) is 5.13 Å². The largest absolute Gasteiger partial charge is 0.378 e. The number of nitrogens with zero attached hydrogens (tertiary/aromatic N) is 2. The Morgan fingerprint density at radius 1 is 1.50 bits per heavy atom. The van der Waals surface area contributed by atoms with E-state index in [4.69, 9.17) is 9.72 Å². The fourth-order valence-corrected chi connectivity index (χ4v) is 3.63. The Kier molecular flexibility index (Phi) is 8.52. The first-order valence-corrected chi connectivity index (χ1v) is 9.25. The molecular weight excluding hydrogens is 290 g/mol. The van der Waals surface area contributed by atoms with Crippen molar-refractivity contribution in [1.82, 2.24) is 10.3 Å². The second kappa shape index (κ2) is 9.60. The number of hydrogen-bond donors (Lipinski definition) is 1. The summed E-state index contributed by atoms with van der Waals surface area (Å²) in [4.78, 5) is 8.31. The van der Waals surface area contributed by atoms with Crippen LogP contribution in [0, 0.1) is 0 Å². The molecule has 0 saturated carbocycles. The maximum absolute atomic E-state index is 5.27. The van der Waals surface area contributed by atoms with Crippen LogP contribution in [0.1, 0.15) is 30.8 Å². The molecule has 116 valence electrons. The highest BCUT2D eigenvalue weighted by atomic mass is 32.2. The van der Waals surface area contributed by atoms with E-state index in [9.17, 15) is 0 Å². The van der Waals surface area contributed by atoms with Crippen molar-refractivity contribution in [2.24, 2.45) is 0 Å². The van der Waals surface area contributed by atoms with Crippen molar-refractivity contribution in [2.45, 2.75) is 39.5 Å². The van der Waals surface area contributed by atoms with Gasteiger partial charge in [0.2, 0.25) is 0 Å². The van der Waals surface area contributed by atoms with Gasteiger partial charge in [-0.1, -0.05) is 6.92 Å². The van der Waals surface area contributed by atoms with Gasteiger partial charge in [0.05, 0.1) is 12.3 Å². The van der Waals surface area contributed by atoms with E-state index < -0.39 is 0 Å². The third-order valence-corrected chi connectivity index (χ3v) is 5.14.